The number of aromatic nitrogens is 2. The Morgan fingerprint density at radius 3 is 2.45 bits per heavy atom. The highest BCUT2D eigenvalue weighted by Gasteiger charge is 2.45. The van der Waals surface area contributed by atoms with Gasteiger partial charge in [-0.3, -0.25) is 19.0 Å². The molecule has 1 aromatic heterocycles. The molecule has 1 aliphatic rings. The summed E-state index contributed by atoms with van der Waals surface area (Å²) in [6.45, 7) is 1.89. The van der Waals surface area contributed by atoms with Gasteiger partial charge in [0.05, 0.1) is 12.1 Å². The van der Waals surface area contributed by atoms with Crippen molar-refractivity contribution in [1.29, 1.82) is 0 Å². The van der Waals surface area contributed by atoms with E-state index in [1.807, 2.05) is 19.1 Å². The van der Waals surface area contributed by atoms with Crippen molar-refractivity contribution >= 4 is 40.5 Å². The highest BCUT2D eigenvalue weighted by molar-refractivity contribution is 7.80. The number of H-pyrrole nitrogens is 1. The Hall–Kier alpha value is -3.86. The summed E-state index contributed by atoms with van der Waals surface area (Å²) < 4.78 is 19.3. The summed E-state index contributed by atoms with van der Waals surface area (Å²) in [5.41, 5.74) is 1.61. The van der Waals surface area contributed by atoms with Crippen molar-refractivity contribution in [3.05, 3.63) is 76.0 Å². The van der Waals surface area contributed by atoms with Crippen LogP contribution in [0, 0.1) is 12.7 Å². The van der Waals surface area contributed by atoms with Crippen LogP contribution in [0.5, 0.6) is 0 Å². The molecule has 0 bridgehead atoms. The lowest BCUT2D eigenvalue weighted by molar-refractivity contribution is -0.746. The van der Waals surface area contributed by atoms with Gasteiger partial charge in [-0.2, -0.15) is 0 Å². The number of nitrogens with one attached hydrogen (secondary N) is 2. The topological polar surface area (TPSA) is 103 Å². The summed E-state index contributed by atoms with van der Waals surface area (Å²) >= 11 is 5.59. The molecular weight excluding hydrogens is 449 g/mol. The van der Waals surface area contributed by atoms with Crippen LogP contribution >= 0.6 is 12.2 Å². The van der Waals surface area contributed by atoms with Gasteiger partial charge in [0.1, 0.15) is 18.4 Å². The summed E-state index contributed by atoms with van der Waals surface area (Å²) in [4.78, 5) is 41.1. The molecule has 0 radical (unpaired) electrons. The second kappa shape index (κ2) is 8.94. The van der Waals surface area contributed by atoms with Crippen LogP contribution in [0.3, 0.4) is 0 Å². The number of hydrogen-bond donors (Lipinski definition) is 2. The predicted octanol–water partition coefficient (Wildman–Crippen LogP) is 1.77. The molecule has 0 aliphatic carbocycles. The molecule has 2 heterocycles. The number of hydrogen-bond acceptors (Lipinski definition) is 5. The summed E-state index contributed by atoms with van der Waals surface area (Å²) in [7, 11) is 1.59. The van der Waals surface area contributed by atoms with Crippen LogP contribution < -0.4 is 20.5 Å². The third-order valence-electron chi connectivity index (χ3n) is 5.35. The van der Waals surface area contributed by atoms with Crippen LogP contribution in [0.1, 0.15) is 17.7 Å². The van der Waals surface area contributed by atoms with E-state index in [0.29, 0.717) is 11.4 Å². The fourth-order valence-corrected chi connectivity index (χ4v) is 3.95. The first-order valence-corrected chi connectivity index (χ1v) is 10.5. The van der Waals surface area contributed by atoms with Crippen molar-refractivity contribution in [2.75, 3.05) is 10.2 Å². The Morgan fingerprint density at radius 2 is 1.85 bits per heavy atom. The second-order valence-electron chi connectivity index (χ2n) is 7.68. The van der Waals surface area contributed by atoms with Crippen LogP contribution in [0.4, 0.5) is 15.8 Å². The molecule has 9 nitrogen and oxygen atoms in total. The smallest absolute Gasteiger partial charge is 0.326 e. The Kier molecular flexibility index (Phi) is 6.05. The van der Waals surface area contributed by atoms with Gasteiger partial charge in [-0.25, -0.2) is 9.18 Å². The zero-order valence-corrected chi connectivity index (χ0v) is 18.7. The van der Waals surface area contributed by atoms with Crippen molar-refractivity contribution in [1.82, 2.24) is 10.2 Å². The number of carbonyl (C=O) groups excluding carboxylic acids is 2. The molecule has 2 aromatic carbocycles. The highest BCUT2D eigenvalue weighted by atomic mass is 32.1. The Morgan fingerprint density at radius 1 is 1.18 bits per heavy atom. The average molecular weight is 471 g/mol. The van der Waals surface area contributed by atoms with Gasteiger partial charge >= 0.3 is 11.3 Å². The van der Waals surface area contributed by atoms with Gasteiger partial charge in [0.15, 0.2) is 12.2 Å². The molecule has 2 N–H and O–H groups in total. The minimum atomic E-state index is -0.950. The van der Waals surface area contributed by atoms with E-state index in [9.17, 15) is 18.8 Å². The zero-order valence-electron chi connectivity index (χ0n) is 17.9. The lowest BCUT2D eigenvalue weighted by Gasteiger charge is -2.21. The number of rotatable bonds is 6. The minimum absolute atomic E-state index is 0.0379. The van der Waals surface area contributed by atoms with Gasteiger partial charge in [0.2, 0.25) is 5.91 Å². The molecule has 0 spiro atoms. The van der Waals surface area contributed by atoms with Gasteiger partial charge in [0, 0.05) is 5.69 Å². The Bertz CT molecular complexity index is 1270. The van der Waals surface area contributed by atoms with Crippen molar-refractivity contribution in [3.8, 4) is 0 Å². The van der Waals surface area contributed by atoms with Crippen LogP contribution in [0.25, 0.3) is 0 Å². The average Bonchev–Trinajstić information content (AvgIpc) is 3.21. The van der Waals surface area contributed by atoms with E-state index in [1.165, 1.54) is 38.7 Å². The first-order chi connectivity index (χ1) is 15.7. The molecule has 1 atom stereocenters. The first kappa shape index (κ1) is 22.3. The number of amides is 2. The van der Waals surface area contributed by atoms with Crippen LogP contribution in [-0.4, -0.2) is 33.1 Å². The lowest BCUT2D eigenvalue weighted by Crippen LogP contribution is -2.44. The van der Waals surface area contributed by atoms with E-state index in [2.05, 4.69) is 10.6 Å². The molecular formula is C22H21FN5O4S+. The second-order valence-corrected chi connectivity index (χ2v) is 8.05. The number of thiocarbonyl (C=S) groups is 1. The summed E-state index contributed by atoms with van der Waals surface area (Å²) in [6, 6.07) is 11.6. The van der Waals surface area contributed by atoms with E-state index in [4.69, 9.17) is 16.7 Å². The van der Waals surface area contributed by atoms with Gasteiger partial charge in [-0.15, -0.1) is 0 Å². The maximum absolute atomic E-state index is 13.4. The van der Waals surface area contributed by atoms with E-state index in [1.54, 1.807) is 19.2 Å². The standard InChI is InChI=1S/C22H20FN5O4S/c1-13-3-9-16(10-4-13)28-20(30)17(11-19(29)24-15-7-5-14(23)6-8-15)27(22(28)33)12-18-21(31)32-25-26(18)2/h3-10,17H,11-12H2,1-2H3,(H-,24,25,29,31)/p+1. The number of aromatic amines is 1. The molecule has 1 unspecified atom stereocenters. The summed E-state index contributed by atoms with van der Waals surface area (Å²) in [5, 5.41) is 5.26. The number of benzene rings is 2. The highest BCUT2D eigenvalue weighted by Crippen LogP contribution is 2.28. The molecule has 11 heteroatoms. The number of halogens is 1. The number of anilines is 2. The van der Waals surface area contributed by atoms with Crippen LogP contribution in [0.15, 0.2) is 57.8 Å². The third kappa shape index (κ3) is 4.53. The lowest BCUT2D eigenvalue weighted by atomic mass is 10.1. The molecule has 1 fully saturated rings. The molecule has 4 rings (SSSR count). The van der Waals surface area contributed by atoms with Crippen molar-refractivity contribution in [2.45, 2.75) is 25.9 Å². The molecule has 3 aromatic rings. The fourth-order valence-electron chi connectivity index (χ4n) is 3.56. The molecule has 0 saturated carbocycles. The van der Waals surface area contributed by atoms with Crippen molar-refractivity contribution in [3.63, 3.8) is 0 Å². The third-order valence-corrected chi connectivity index (χ3v) is 5.77. The minimum Gasteiger partial charge on any atom is -0.326 e. The normalized spacial score (nSPS) is 15.9. The SMILES string of the molecule is Cc1ccc(N2C(=O)C(CC(=O)Nc3ccc(F)cc3)N(Cc3c(=O)o[nH][n+]3C)C2=S)cc1. The predicted molar refractivity (Wildman–Crippen MR) is 121 cm³/mol. The van der Waals surface area contributed by atoms with E-state index >= 15 is 0 Å². The van der Waals surface area contributed by atoms with Crippen LogP contribution in [0.2, 0.25) is 0 Å². The van der Waals surface area contributed by atoms with Gasteiger partial charge in [0.25, 0.3) is 5.91 Å². The zero-order chi connectivity index (χ0) is 23.7. The maximum atomic E-state index is 13.4. The summed E-state index contributed by atoms with van der Waals surface area (Å²) in [5.74, 6) is -1.27. The van der Waals surface area contributed by atoms with Gasteiger partial charge < -0.3 is 10.2 Å². The van der Waals surface area contributed by atoms with Gasteiger partial charge in [-0.1, -0.05) is 22.4 Å². The maximum Gasteiger partial charge on any atom is 0.431 e. The van der Waals surface area contributed by atoms with Crippen LogP contribution in [-0.2, 0) is 23.2 Å². The number of carbonyl (C=O) groups is 2. The number of aryl methyl sites for hydroxylation is 2. The van der Waals surface area contributed by atoms with Crippen molar-refractivity contribution < 1.29 is 23.2 Å². The summed E-state index contributed by atoms with van der Waals surface area (Å²) in [6.07, 6.45) is -0.224. The fraction of sp³-hybridized carbons (Fsp3) is 0.227. The van der Waals surface area contributed by atoms with E-state index < -0.39 is 23.4 Å². The monoisotopic (exact) mass is 470 g/mol. The number of nitrogens with zero attached hydrogens (tertiary/aromatic N) is 3. The largest absolute Gasteiger partial charge is 0.431 e. The van der Waals surface area contributed by atoms with E-state index in [0.717, 1.165) is 5.56 Å². The Labute approximate surface area is 193 Å². The molecule has 170 valence electrons. The van der Waals surface area contributed by atoms with Gasteiger partial charge in [-0.05, 0) is 60.8 Å². The molecule has 1 saturated heterocycles. The molecule has 2 amide bonds. The molecule has 1 aliphatic heterocycles. The quantitative estimate of drug-likeness (QED) is 0.421. The molecule has 33 heavy (non-hydrogen) atoms. The van der Waals surface area contributed by atoms with E-state index in [-0.39, 0.29) is 29.7 Å². The van der Waals surface area contributed by atoms with Crippen molar-refractivity contribution in [2.24, 2.45) is 7.05 Å². The Balaban J connectivity index is 1.63. The first-order valence-electron chi connectivity index (χ1n) is 10.1.